The summed E-state index contributed by atoms with van der Waals surface area (Å²) in [5.74, 6) is -0.400. The van der Waals surface area contributed by atoms with Crippen molar-refractivity contribution in [3.8, 4) is 0 Å². The van der Waals surface area contributed by atoms with Crippen LogP contribution in [-0.2, 0) is 4.74 Å². The van der Waals surface area contributed by atoms with Crippen LogP contribution in [0.1, 0.15) is 22.8 Å². The smallest absolute Gasteiger partial charge is 0.338 e. The summed E-state index contributed by atoms with van der Waals surface area (Å²) in [5.41, 5.74) is 1.55. The van der Waals surface area contributed by atoms with Crippen molar-refractivity contribution in [3.63, 3.8) is 0 Å². The largest absolute Gasteiger partial charge is 0.462 e. The van der Waals surface area contributed by atoms with E-state index < -0.39 is 10.9 Å². The molecule has 0 aliphatic heterocycles. The number of nitro groups is 1. The summed E-state index contributed by atoms with van der Waals surface area (Å²) in [6, 6.07) is 12.8. The number of nitro benzene ring substituents is 1. The number of benzene rings is 2. The van der Waals surface area contributed by atoms with Crippen LogP contribution in [0.25, 0.3) is 0 Å². The van der Waals surface area contributed by atoms with Crippen molar-refractivity contribution in [1.29, 1.82) is 0 Å². The lowest BCUT2D eigenvalue weighted by Crippen LogP contribution is -2.03. The van der Waals surface area contributed by atoms with Gasteiger partial charge in [-0.15, -0.1) is 0 Å². The second-order valence-corrected chi connectivity index (χ2v) is 6.65. The number of rotatable bonds is 7. The molecule has 9 heteroatoms. The van der Waals surface area contributed by atoms with Crippen LogP contribution in [0.4, 0.5) is 11.4 Å². The number of aromatic nitrogens is 2. The van der Waals surface area contributed by atoms with Crippen LogP contribution in [0.15, 0.2) is 76.0 Å². The predicted molar refractivity (Wildman–Crippen MR) is 109 cm³/mol. The normalized spacial score (nSPS) is 10.8. The summed E-state index contributed by atoms with van der Waals surface area (Å²) in [6.07, 6.45) is 4.79. The first kappa shape index (κ1) is 20.2. The van der Waals surface area contributed by atoms with Gasteiger partial charge in [0.2, 0.25) is 0 Å². The maximum absolute atomic E-state index is 11.7. The van der Waals surface area contributed by atoms with Gasteiger partial charge in [-0.05, 0) is 55.1 Å². The highest BCUT2D eigenvalue weighted by Crippen LogP contribution is 2.30. The van der Waals surface area contributed by atoms with Gasteiger partial charge in [-0.25, -0.2) is 14.8 Å². The molecule has 1 aromatic heterocycles. The molecule has 3 aromatic rings. The van der Waals surface area contributed by atoms with E-state index in [0.29, 0.717) is 28.6 Å². The van der Waals surface area contributed by atoms with Gasteiger partial charge < -0.3 is 4.74 Å². The molecule has 0 amide bonds. The zero-order valence-corrected chi connectivity index (χ0v) is 16.2. The molecule has 29 heavy (non-hydrogen) atoms. The molecule has 0 unspecified atom stereocenters. The number of nitrogens with zero attached hydrogens (tertiary/aromatic N) is 4. The number of non-ortho nitro benzene ring substituents is 1. The molecule has 0 atom stereocenters. The molecular weight excluding hydrogens is 392 g/mol. The molecule has 8 nitrogen and oxygen atoms in total. The fraction of sp³-hybridized carbons (Fsp3) is 0.100. The topological polar surface area (TPSA) is 108 Å². The molecule has 146 valence electrons. The summed E-state index contributed by atoms with van der Waals surface area (Å²) < 4.78 is 4.95. The van der Waals surface area contributed by atoms with Crippen molar-refractivity contribution >= 4 is 35.3 Å². The predicted octanol–water partition coefficient (Wildman–Crippen LogP) is 4.46. The molecule has 0 spiro atoms. The first-order valence-corrected chi connectivity index (χ1v) is 9.43. The van der Waals surface area contributed by atoms with E-state index >= 15 is 0 Å². The second kappa shape index (κ2) is 9.56. The van der Waals surface area contributed by atoms with Crippen molar-refractivity contribution in [2.24, 2.45) is 4.99 Å². The van der Waals surface area contributed by atoms with Gasteiger partial charge in [-0.1, -0.05) is 0 Å². The van der Waals surface area contributed by atoms with Crippen LogP contribution in [0.2, 0.25) is 0 Å². The van der Waals surface area contributed by atoms with E-state index in [4.69, 9.17) is 4.74 Å². The number of hydrogen-bond donors (Lipinski definition) is 0. The maximum Gasteiger partial charge on any atom is 0.338 e. The van der Waals surface area contributed by atoms with Crippen molar-refractivity contribution < 1.29 is 14.5 Å². The molecular formula is C20H16N4O4S. The Morgan fingerprint density at radius 3 is 2.59 bits per heavy atom. The second-order valence-electron chi connectivity index (χ2n) is 5.64. The lowest BCUT2D eigenvalue weighted by molar-refractivity contribution is -0.384. The zero-order chi connectivity index (χ0) is 20.6. The highest BCUT2D eigenvalue weighted by molar-refractivity contribution is 7.99. The van der Waals surface area contributed by atoms with Gasteiger partial charge in [0.05, 0.1) is 22.8 Å². The lowest BCUT2D eigenvalue weighted by atomic mass is 10.2. The minimum absolute atomic E-state index is 0.0394. The average Bonchev–Trinajstić information content (AvgIpc) is 2.74. The van der Waals surface area contributed by atoms with Gasteiger partial charge in [-0.3, -0.25) is 15.1 Å². The fourth-order valence-electron chi connectivity index (χ4n) is 2.32. The van der Waals surface area contributed by atoms with Crippen LogP contribution in [0, 0.1) is 10.1 Å². The van der Waals surface area contributed by atoms with Crippen LogP contribution >= 0.6 is 11.8 Å². The van der Waals surface area contributed by atoms with Crippen molar-refractivity contribution in [2.75, 3.05) is 6.61 Å². The summed E-state index contributed by atoms with van der Waals surface area (Å²) in [5, 5.41) is 11.7. The number of hydrogen-bond acceptors (Lipinski definition) is 8. The Bertz CT molecular complexity index is 1040. The Labute approximate surface area is 170 Å². The van der Waals surface area contributed by atoms with Crippen LogP contribution < -0.4 is 0 Å². The van der Waals surface area contributed by atoms with Gasteiger partial charge in [-0.2, -0.15) is 0 Å². The van der Waals surface area contributed by atoms with Gasteiger partial charge in [0.25, 0.3) is 5.69 Å². The van der Waals surface area contributed by atoms with E-state index in [1.807, 2.05) is 0 Å². The molecule has 0 aliphatic carbocycles. The van der Waals surface area contributed by atoms with E-state index in [9.17, 15) is 14.9 Å². The molecule has 0 saturated carbocycles. The van der Waals surface area contributed by atoms with Crippen molar-refractivity contribution in [1.82, 2.24) is 9.97 Å². The Morgan fingerprint density at radius 2 is 1.93 bits per heavy atom. The number of ether oxygens (including phenoxy) is 1. The van der Waals surface area contributed by atoms with Crippen molar-refractivity contribution in [3.05, 3.63) is 82.2 Å². The van der Waals surface area contributed by atoms with Gasteiger partial charge in [0.1, 0.15) is 0 Å². The summed E-state index contributed by atoms with van der Waals surface area (Å²) in [4.78, 5) is 35.8. The van der Waals surface area contributed by atoms with Crippen LogP contribution in [0.3, 0.4) is 0 Å². The highest BCUT2D eigenvalue weighted by Gasteiger charge is 2.12. The monoisotopic (exact) mass is 408 g/mol. The minimum Gasteiger partial charge on any atom is -0.462 e. The summed E-state index contributed by atoms with van der Waals surface area (Å²) in [6.45, 7) is 2.04. The first-order chi connectivity index (χ1) is 14.1. The quantitative estimate of drug-likeness (QED) is 0.187. The summed E-state index contributed by atoms with van der Waals surface area (Å²) in [7, 11) is 0. The van der Waals surface area contributed by atoms with Gasteiger partial charge in [0.15, 0.2) is 5.16 Å². The van der Waals surface area contributed by atoms with E-state index in [0.717, 1.165) is 4.90 Å². The third-order valence-electron chi connectivity index (χ3n) is 3.68. The molecule has 2 aromatic carbocycles. The molecule has 0 N–H and O–H groups in total. The molecule has 1 heterocycles. The zero-order valence-electron chi connectivity index (χ0n) is 15.4. The molecule has 0 aliphatic rings. The first-order valence-electron chi connectivity index (χ1n) is 8.61. The Hall–Kier alpha value is -3.59. The van der Waals surface area contributed by atoms with Gasteiger partial charge >= 0.3 is 5.97 Å². The molecule has 0 bridgehead atoms. The van der Waals surface area contributed by atoms with Gasteiger partial charge in [0, 0.05) is 41.2 Å². The SMILES string of the molecule is CCOC(=O)c1ccc(N=Cc2cc([N+](=O)[O-])ccc2Sc2ncccn2)cc1. The highest BCUT2D eigenvalue weighted by atomic mass is 32.2. The maximum atomic E-state index is 11.7. The standard InChI is InChI=1S/C20H16N4O4S/c1-2-28-19(25)14-4-6-16(7-5-14)23-13-15-12-17(24(26)27)8-9-18(15)29-20-21-10-3-11-22-20/h3-13H,2H2,1H3. The molecule has 0 saturated heterocycles. The number of carbonyl (C=O) groups excluding carboxylic acids is 1. The van der Waals surface area contributed by atoms with E-state index in [2.05, 4.69) is 15.0 Å². The van der Waals surface area contributed by atoms with Crippen molar-refractivity contribution in [2.45, 2.75) is 17.0 Å². The van der Waals surface area contributed by atoms with Crippen LogP contribution in [0.5, 0.6) is 0 Å². The lowest BCUT2D eigenvalue weighted by Gasteiger charge is -2.05. The van der Waals surface area contributed by atoms with E-state index in [1.165, 1.54) is 30.1 Å². The molecule has 3 rings (SSSR count). The Morgan fingerprint density at radius 1 is 1.21 bits per heavy atom. The number of aliphatic imine (C=N–C) groups is 1. The Balaban J connectivity index is 1.86. The average molecular weight is 408 g/mol. The van der Waals surface area contributed by atoms with Crippen LogP contribution in [-0.4, -0.2) is 33.7 Å². The van der Waals surface area contributed by atoms with E-state index in [-0.39, 0.29) is 5.69 Å². The van der Waals surface area contributed by atoms with E-state index in [1.54, 1.807) is 55.7 Å². The summed E-state index contributed by atoms with van der Waals surface area (Å²) >= 11 is 1.28. The molecule has 0 radical (unpaired) electrons. The third-order valence-corrected chi connectivity index (χ3v) is 4.66. The number of esters is 1. The molecule has 0 fully saturated rings. The Kier molecular flexibility index (Phi) is 6.64. The third kappa shape index (κ3) is 5.45. The minimum atomic E-state index is -0.459. The fourth-order valence-corrected chi connectivity index (χ4v) is 3.11. The number of carbonyl (C=O) groups is 1.